The number of para-hydroxylation sites is 1. The van der Waals surface area contributed by atoms with Crippen molar-refractivity contribution in [2.45, 2.75) is 20.0 Å². The number of nitrogens with zero attached hydrogens (tertiary/aromatic N) is 1. The maximum atomic E-state index is 11.9. The van der Waals surface area contributed by atoms with Crippen molar-refractivity contribution in [3.63, 3.8) is 0 Å². The first-order valence-electron chi connectivity index (χ1n) is 5.41. The largest absolute Gasteiger partial charge is 0.535 e. The van der Waals surface area contributed by atoms with Crippen molar-refractivity contribution in [2.75, 3.05) is 5.43 Å². The number of fused-ring (bicyclic) bond motifs is 1. The second kappa shape index (κ2) is 4.92. The van der Waals surface area contributed by atoms with Crippen LogP contribution in [0.1, 0.15) is 24.2 Å². The molecule has 0 unspecified atom stereocenters. The Bertz CT molecular complexity index is 475. The number of hydroxylamine groups is 1. The predicted molar refractivity (Wildman–Crippen MR) is 62.1 cm³/mol. The molecular weight excluding hydrogens is 238 g/mol. The molecule has 0 aromatic heterocycles. The molecule has 1 amide bonds. The minimum atomic E-state index is -0.952. The van der Waals surface area contributed by atoms with E-state index in [9.17, 15) is 9.59 Å². The highest BCUT2D eigenvalue weighted by Gasteiger charge is 2.27. The first-order valence-corrected chi connectivity index (χ1v) is 5.41. The quantitative estimate of drug-likeness (QED) is 0.774. The highest BCUT2D eigenvalue weighted by molar-refractivity contribution is 6.00. The molecule has 7 nitrogen and oxygen atoms in total. The fraction of sp³-hybridized carbons (Fsp3) is 0.273. The van der Waals surface area contributed by atoms with Crippen LogP contribution in [-0.4, -0.2) is 23.3 Å². The molecule has 1 aromatic carbocycles. The molecule has 0 saturated heterocycles. The molecule has 0 fully saturated rings. The van der Waals surface area contributed by atoms with Gasteiger partial charge in [-0.15, -0.1) is 5.53 Å². The van der Waals surface area contributed by atoms with E-state index < -0.39 is 12.1 Å². The first-order chi connectivity index (χ1) is 8.58. The average molecular weight is 251 g/mol. The molecular formula is C11H13N3O4. The van der Waals surface area contributed by atoms with Crippen molar-refractivity contribution in [3.8, 4) is 0 Å². The second-order valence-corrected chi connectivity index (χ2v) is 3.89. The summed E-state index contributed by atoms with van der Waals surface area (Å²) < 4.78 is 4.77. The SMILES string of the molecule is CC(C)OC(=O)ON1NNc2ccccc2C1=O. The summed E-state index contributed by atoms with van der Waals surface area (Å²) in [4.78, 5) is 27.9. The number of benzene rings is 1. The Kier molecular flexibility index (Phi) is 3.33. The van der Waals surface area contributed by atoms with Gasteiger partial charge in [0, 0.05) is 0 Å². The van der Waals surface area contributed by atoms with E-state index in [1.807, 2.05) is 0 Å². The van der Waals surface area contributed by atoms with Crippen LogP contribution >= 0.6 is 0 Å². The first kappa shape index (κ1) is 12.2. The number of hydrogen-bond acceptors (Lipinski definition) is 6. The fourth-order valence-corrected chi connectivity index (χ4v) is 1.40. The second-order valence-electron chi connectivity index (χ2n) is 3.89. The van der Waals surface area contributed by atoms with Gasteiger partial charge in [-0.05, 0) is 26.0 Å². The molecule has 96 valence electrons. The van der Waals surface area contributed by atoms with E-state index >= 15 is 0 Å². The van der Waals surface area contributed by atoms with E-state index in [0.717, 1.165) is 0 Å². The number of nitrogens with one attached hydrogen (secondary N) is 2. The van der Waals surface area contributed by atoms with E-state index in [1.165, 1.54) is 0 Å². The maximum Gasteiger partial charge on any atom is 0.535 e. The molecule has 18 heavy (non-hydrogen) atoms. The van der Waals surface area contributed by atoms with Crippen molar-refractivity contribution in [3.05, 3.63) is 29.8 Å². The number of carbonyl (C=O) groups excluding carboxylic acids is 2. The highest BCUT2D eigenvalue weighted by Crippen LogP contribution is 2.19. The van der Waals surface area contributed by atoms with Gasteiger partial charge in [0.1, 0.15) is 0 Å². The van der Waals surface area contributed by atoms with E-state index in [0.29, 0.717) is 16.4 Å². The topological polar surface area (TPSA) is 79.9 Å². The van der Waals surface area contributed by atoms with Crippen molar-refractivity contribution in [1.29, 1.82) is 0 Å². The molecule has 0 saturated carbocycles. The van der Waals surface area contributed by atoms with E-state index in [-0.39, 0.29) is 6.10 Å². The molecule has 1 aliphatic rings. The summed E-state index contributed by atoms with van der Waals surface area (Å²) in [6.07, 6.45) is -1.27. The third kappa shape index (κ3) is 2.51. The van der Waals surface area contributed by atoms with Gasteiger partial charge in [0.2, 0.25) is 0 Å². The standard InChI is InChI=1S/C11H13N3O4/c1-7(2)17-11(16)18-14-10(15)8-5-3-4-6-9(8)12-13-14/h3-7,12-13H,1-2H3. The molecule has 1 aromatic rings. The summed E-state index contributed by atoms with van der Waals surface area (Å²) in [7, 11) is 0. The zero-order valence-corrected chi connectivity index (χ0v) is 9.97. The third-order valence-corrected chi connectivity index (χ3v) is 2.13. The van der Waals surface area contributed by atoms with Gasteiger partial charge in [0.05, 0.1) is 17.4 Å². The third-order valence-electron chi connectivity index (χ3n) is 2.13. The Hall–Kier alpha value is -2.28. The highest BCUT2D eigenvalue weighted by atomic mass is 16.8. The molecule has 0 atom stereocenters. The minimum absolute atomic E-state index is 0.322. The molecule has 1 aliphatic heterocycles. The average Bonchev–Trinajstić information content (AvgIpc) is 2.32. The van der Waals surface area contributed by atoms with Gasteiger partial charge < -0.3 is 10.2 Å². The zero-order valence-electron chi connectivity index (χ0n) is 9.97. The molecule has 2 rings (SSSR count). The van der Waals surface area contributed by atoms with Crippen LogP contribution < -0.4 is 11.0 Å². The predicted octanol–water partition coefficient (Wildman–Crippen LogP) is 1.45. The summed E-state index contributed by atoms with van der Waals surface area (Å²) in [6, 6.07) is 6.85. The van der Waals surface area contributed by atoms with Gasteiger partial charge in [0.25, 0.3) is 0 Å². The number of rotatable bonds is 2. The van der Waals surface area contributed by atoms with Gasteiger partial charge in [-0.3, -0.25) is 9.63 Å². The normalized spacial score (nSPS) is 13.9. The number of hydrogen-bond donors (Lipinski definition) is 2. The lowest BCUT2D eigenvalue weighted by Gasteiger charge is -2.27. The Morgan fingerprint density at radius 3 is 2.78 bits per heavy atom. The Balaban J connectivity index is 2.06. The minimum Gasteiger partial charge on any atom is -0.430 e. The monoisotopic (exact) mass is 251 g/mol. The number of carbonyl (C=O) groups is 2. The molecule has 0 bridgehead atoms. The Labute approximate surface area is 104 Å². The number of hydrazine groups is 2. The van der Waals surface area contributed by atoms with Gasteiger partial charge in [-0.2, -0.15) is 0 Å². The lowest BCUT2D eigenvalue weighted by atomic mass is 10.1. The summed E-state index contributed by atoms with van der Waals surface area (Å²) in [5.41, 5.74) is 6.17. The van der Waals surface area contributed by atoms with Crippen molar-refractivity contribution in [2.24, 2.45) is 0 Å². The molecule has 0 aliphatic carbocycles. The van der Waals surface area contributed by atoms with E-state index in [4.69, 9.17) is 9.57 Å². The van der Waals surface area contributed by atoms with E-state index in [2.05, 4.69) is 11.0 Å². The summed E-state index contributed by atoms with van der Waals surface area (Å²) in [5.74, 6) is -0.481. The molecule has 1 heterocycles. The van der Waals surface area contributed by atoms with Crippen LogP contribution in [0.2, 0.25) is 0 Å². The Morgan fingerprint density at radius 2 is 2.06 bits per heavy atom. The van der Waals surface area contributed by atoms with Crippen molar-refractivity contribution < 1.29 is 19.2 Å². The van der Waals surface area contributed by atoms with Crippen LogP contribution in [0.5, 0.6) is 0 Å². The van der Waals surface area contributed by atoms with E-state index in [1.54, 1.807) is 38.1 Å². The van der Waals surface area contributed by atoms with Crippen LogP contribution in [0.3, 0.4) is 0 Å². The molecule has 0 spiro atoms. The van der Waals surface area contributed by atoms with Gasteiger partial charge in [-0.25, -0.2) is 4.79 Å². The smallest absolute Gasteiger partial charge is 0.430 e. The van der Waals surface area contributed by atoms with Crippen molar-refractivity contribution >= 4 is 17.7 Å². The zero-order chi connectivity index (χ0) is 13.1. The van der Waals surface area contributed by atoms with Gasteiger partial charge >= 0.3 is 12.1 Å². The van der Waals surface area contributed by atoms with Crippen LogP contribution in [0.25, 0.3) is 0 Å². The van der Waals surface area contributed by atoms with Gasteiger partial charge in [0.15, 0.2) is 0 Å². The summed E-state index contributed by atoms with van der Waals surface area (Å²) >= 11 is 0. The summed E-state index contributed by atoms with van der Waals surface area (Å²) in [6.45, 7) is 3.36. The molecule has 0 radical (unpaired) electrons. The van der Waals surface area contributed by atoms with Crippen LogP contribution in [0.15, 0.2) is 24.3 Å². The summed E-state index contributed by atoms with van der Waals surface area (Å²) in [5, 5.41) is 0.688. The Morgan fingerprint density at radius 1 is 1.33 bits per heavy atom. The van der Waals surface area contributed by atoms with Gasteiger partial charge in [-0.1, -0.05) is 17.3 Å². The number of amides is 1. The van der Waals surface area contributed by atoms with Crippen molar-refractivity contribution in [1.82, 2.24) is 10.7 Å². The molecule has 7 heteroatoms. The van der Waals surface area contributed by atoms with Crippen LogP contribution in [-0.2, 0) is 9.57 Å². The lowest BCUT2D eigenvalue weighted by Crippen LogP contribution is -2.50. The van der Waals surface area contributed by atoms with Crippen LogP contribution in [0, 0.1) is 0 Å². The lowest BCUT2D eigenvalue weighted by molar-refractivity contribution is -0.130. The fourth-order valence-electron chi connectivity index (χ4n) is 1.40. The number of ether oxygens (including phenoxy) is 1. The van der Waals surface area contributed by atoms with Crippen LogP contribution in [0.4, 0.5) is 10.5 Å². The molecule has 2 N–H and O–H groups in total. The maximum absolute atomic E-state index is 11.9. The number of anilines is 1.